The highest BCUT2D eigenvalue weighted by atomic mass is 16.3. The summed E-state index contributed by atoms with van der Waals surface area (Å²) in [6.07, 6.45) is 0.538. The van der Waals surface area contributed by atoms with E-state index in [-0.39, 0.29) is 28.9 Å². The molecule has 2 aliphatic heterocycles. The van der Waals surface area contributed by atoms with Crippen LogP contribution in [0.1, 0.15) is 37.4 Å². The smallest absolute Gasteiger partial charge is 0.250 e. The Bertz CT molecular complexity index is 882. The molecule has 0 saturated carbocycles. The molecule has 4 atom stereocenters. The van der Waals surface area contributed by atoms with Gasteiger partial charge in [-0.05, 0) is 41.0 Å². The second-order valence-electron chi connectivity index (χ2n) is 7.93. The van der Waals surface area contributed by atoms with Crippen LogP contribution >= 0.6 is 0 Å². The van der Waals surface area contributed by atoms with Gasteiger partial charge in [-0.3, -0.25) is 9.59 Å². The van der Waals surface area contributed by atoms with Crippen LogP contribution in [-0.2, 0) is 15.0 Å². The number of aromatic hydroxyl groups is 1. The molecule has 5 heteroatoms. The second-order valence-corrected chi connectivity index (χ2v) is 7.93. The van der Waals surface area contributed by atoms with Crippen molar-refractivity contribution in [3.05, 3.63) is 65.7 Å². The average molecular weight is 364 g/mol. The molecule has 2 aromatic carbocycles. The number of phenols is 1. The lowest BCUT2D eigenvalue weighted by atomic mass is 9.65. The minimum atomic E-state index is -0.618. The summed E-state index contributed by atoms with van der Waals surface area (Å²) in [5.74, 6) is 0.218. The first kappa shape index (κ1) is 17.6. The maximum Gasteiger partial charge on any atom is 0.250 e. The Morgan fingerprint density at radius 1 is 1.11 bits per heavy atom. The van der Waals surface area contributed by atoms with E-state index in [0.29, 0.717) is 13.0 Å². The van der Waals surface area contributed by atoms with Gasteiger partial charge in [-0.25, -0.2) is 0 Å². The first-order valence-electron chi connectivity index (χ1n) is 9.35. The number of piperazine rings is 1. The largest absolute Gasteiger partial charge is 0.508 e. The third kappa shape index (κ3) is 2.87. The van der Waals surface area contributed by atoms with Crippen LogP contribution in [0.2, 0.25) is 0 Å². The molecule has 2 N–H and O–H groups in total. The van der Waals surface area contributed by atoms with Crippen LogP contribution in [0.15, 0.2) is 54.6 Å². The molecule has 2 aromatic rings. The molecule has 0 unspecified atom stereocenters. The van der Waals surface area contributed by atoms with Crippen LogP contribution < -0.4 is 5.32 Å². The monoisotopic (exact) mass is 364 g/mol. The molecule has 2 amide bonds. The fourth-order valence-electron chi connectivity index (χ4n) is 4.42. The Kier molecular flexibility index (Phi) is 4.17. The zero-order chi connectivity index (χ0) is 19.2. The topological polar surface area (TPSA) is 69.6 Å². The molecular weight excluding hydrogens is 340 g/mol. The lowest BCUT2D eigenvalue weighted by Crippen LogP contribution is -2.65. The van der Waals surface area contributed by atoms with Gasteiger partial charge in [-0.15, -0.1) is 0 Å². The van der Waals surface area contributed by atoms with Gasteiger partial charge < -0.3 is 15.3 Å². The highest BCUT2D eigenvalue weighted by Crippen LogP contribution is 2.44. The van der Waals surface area contributed by atoms with Crippen molar-refractivity contribution in [1.82, 2.24) is 10.2 Å². The van der Waals surface area contributed by atoms with E-state index in [0.717, 1.165) is 11.1 Å². The molecule has 0 radical (unpaired) electrons. The van der Waals surface area contributed by atoms with E-state index in [1.807, 2.05) is 42.5 Å². The summed E-state index contributed by atoms with van der Waals surface area (Å²) < 4.78 is 0. The zero-order valence-electron chi connectivity index (χ0n) is 15.6. The number of carbonyl (C=O) groups is 2. The molecule has 27 heavy (non-hydrogen) atoms. The Hall–Kier alpha value is -2.82. The van der Waals surface area contributed by atoms with E-state index >= 15 is 0 Å². The minimum Gasteiger partial charge on any atom is -0.508 e. The van der Waals surface area contributed by atoms with Gasteiger partial charge in [0.05, 0.1) is 0 Å². The minimum absolute atomic E-state index is 0.0457. The molecule has 2 fully saturated rings. The summed E-state index contributed by atoms with van der Waals surface area (Å²) in [6.45, 7) is 4.74. The first-order valence-corrected chi connectivity index (χ1v) is 9.35. The number of hydrogen-bond acceptors (Lipinski definition) is 3. The second kappa shape index (κ2) is 6.41. The maximum atomic E-state index is 13.1. The van der Waals surface area contributed by atoms with Gasteiger partial charge in [-0.1, -0.05) is 56.3 Å². The summed E-state index contributed by atoms with van der Waals surface area (Å²) >= 11 is 0. The van der Waals surface area contributed by atoms with Crippen molar-refractivity contribution in [2.45, 2.75) is 37.8 Å². The van der Waals surface area contributed by atoms with E-state index in [1.165, 1.54) is 0 Å². The molecule has 2 saturated heterocycles. The highest BCUT2D eigenvalue weighted by Gasteiger charge is 2.50. The number of nitrogens with zero attached hydrogens (tertiary/aromatic N) is 1. The predicted molar refractivity (Wildman–Crippen MR) is 102 cm³/mol. The van der Waals surface area contributed by atoms with Gasteiger partial charge in [0.1, 0.15) is 17.8 Å². The van der Waals surface area contributed by atoms with Crippen LogP contribution in [0, 0.1) is 5.92 Å². The lowest BCUT2D eigenvalue weighted by molar-refractivity contribution is -0.154. The molecule has 4 rings (SSSR count). The van der Waals surface area contributed by atoms with E-state index in [4.69, 9.17) is 0 Å². The maximum absolute atomic E-state index is 13.1. The molecule has 0 aromatic heterocycles. The standard InChI is InChI=1S/C22H24N2O3/c1-14-13-24-18(12-22(14,2)16-9-6-10-17(25)11-16)20(26)23-19(21(24)27)15-7-4-3-5-8-15/h3-11,14,18-19,25H,12-13H2,1-2H3,(H,23,26)/t14-,18+,19+,22+/m0/s1. The summed E-state index contributed by atoms with van der Waals surface area (Å²) in [6, 6.07) is 15.5. The van der Waals surface area contributed by atoms with Crippen molar-refractivity contribution in [2.75, 3.05) is 6.54 Å². The van der Waals surface area contributed by atoms with Crippen LogP contribution in [0.5, 0.6) is 5.75 Å². The van der Waals surface area contributed by atoms with Crippen molar-refractivity contribution < 1.29 is 14.7 Å². The normalized spacial score (nSPS) is 30.6. The number of benzene rings is 2. The van der Waals surface area contributed by atoms with E-state index in [1.54, 1.807) is 17.0 Å². The van der Waals surface area contributed by atoms with Crippen molar-refractivity contribution in [2.24, 2.45) is 5.92 Å². The van der Waals surface area contributed by atoms with Gasteiger partial charge in [0.25, 0.3) is 0 Å². The fraction of sp³-hybridized carbons (Fsp3) is 0.364. The number of hydrogen-bond donors (Lipinski definition) is 2. The van der Waals surface area contributed by atoms with Crippen LogP contribution in [0.25, 0.3) is 0 Å². The first-order chi connectivity index (χ1) is 12.9. The van der Waals surface area contributed by atoms with Gasteiger partial charge >= 0.3 is 0 Å². The van der Waals surface area contributed by atoms with Gasteiger partial charge in [0.2, 0.25) is 11.8 Å². The fourth-order valence-corrected chi connectivity index (χ4v) is 4.42. The predicted octanol–water partition coefficient (Wildman–Crippen LogP) is 2.76. The number of nitrogens with one attached hydrogen (secondary N) is 1. The number of piperidine rings is 1. The Labute approximate surface area is 159 Å². The Balaban J connectivity index is 1.65. The SMILES string of the molecule is C[C@H]1CN2C(=O)[C@@H](c3ccccc3)NC(=O)[C@H]2C[C@@]1(C)c1cccc(O)c1. The summed E-state index contributed by atoms with van der Waals surface area (Å²) in [4.78, 5) is 27.8. The van der Waals surface area contributed by atoms with E-state index in [2.05, 4.69) is 19.2 Å². The van der Waals surface area contributed by atoms with Crippen molar-refractivity contribution >= 4 is 11.8 Å². The number of fused-ring (bicyclic) bond motifs is 1. The van der Waals surface area contributed by atoms with Crippen LogP contribution in [0.3, 0.4) is 0 Å². The number of rotatable bonds is 2. The molecule has 0 spiro atoms. The van der Waals surface area contributed by atoms with E-state index < -0.39 is 12.1 Å². The molecule has 0 bridgehead atoms. The lowest BCUT2D eigenvalue weighted by Gasteiger charge is -2.51. The molecule has 140 valence electrons. The van der Waals surface area contributed by atoms with Crippen molar-refractivity contribution in [3.8, 4) is 5.75 Å². The van der Waals surface area contributed by atoms with Gasteiger partial charge in [-0.2, -0.15) is 0 Å². The molecule has 2 aliphatic rings. The third-order valence-electron chi connectivity index (χ3n) is 6.31. The quantitative estimate of drug-likeness (QED) is 0.861. The van der Waals surface area contributed by atoms with Crippen molar-refractivity contribution in [3.63, 3.8) is 0 Å². The molecule has 5 nitrogen and oxygen atoms in total. The third-order valence-corrected chi connectivity index (χ3v) is 6.31. The Morgan fingerprint density at radius 2 is 1.85 bits per heavy atom. The molecule has 0 aliphatic carbocycles. The Morgan fingerprint density at radius 3 is 2.56 bits per heavy atom. The number of phenolic OH excluding ortho intramolecular Hbond substituents is 1. The molecular formula is C22H24N2O3. The average Bonchev–Trinajstić information content (AvgIpc) is 2.67. The van der Waals surface area contributed by atoms with Crippen molar-refractivity contribution in [1.29, 1.82) is 0 Å². The van der Waals surface area contributed by atoms with Crippen LogP contribution in [0.4, 0.5) is 0 Å². The summed E-state index contributed by atoms with van der Waals surface area (Å²) in [7, 11) is 0. The number of carbonyl (C=O) groups excluding carboxylic acids is 2. The summed E-state index contributed by atoms with van der Waals surface area (Å²) in [5.41, 5.74) is 1.51. The highest BCUT2D eigenvalue weighted by molar-refractivity contribution is 5.97. The van der Waals surface area contributed by atoms with Gasteiger partial charge in [0.15, 0.2) is 0 Å². The zero-order valence-corrected chi connectivity index (χ0v) is 15.6. The number of amides is 2. The van der Waals surface area contributed by atoms with Crippen LogP contribution in [-0.4, -0.2) is 34.4 Å². The van der Waals surface area contributed by atoms with E-state index in [9.17, 15) is 14.7 Å². The van der Waals surface area contributed by atoms with Gasteiger partial charge in [0, 0.05) is 6.54 Å². The molecule has 2 heterocycles. The summed E-state index contributed by atoms with van der Waals surface area (Å²) in [5, 5.41) is 12.8.